The first-order valence-corrected chi connectivity index (χ1v) is 9.43. The molecule has 0 unspecified atom stereocenters. The molecular formula is C22H20ClN3O3. The van der Waals surface area contributed by atoms with Crippen LogP contribution in [-0.2, 0) is 11.3 Å². The molecule has 0 aliphatic heterocycles. The minimum Gasteiger partial charge on any atom is -0.493 e. The van der Waals surface area contributed by atoms with Crippen LogP contribution in [0.4, 0.5) is 5.69 Å². The summed E-state index contributed by atoms with van der Waals surface area (Å²) in [6.45, 7) is 0.633. The first-order chi connectivity index (χ1) is 14.1. The van der Waals surface area contributed by atoms with Gasteiger partial charge in [-0.3, -0.25) is 14.6 Å². The van der Waals surface area contributed by atoms with Gasteiger partial charge in [-0.15, -0.1) is 0 Å². The molecule has 2 amide bonds. The topological polar surface area (TPSA) is 80.3 Å². The zero-order valence-electron chi connectivity index (χ0n) is 15.6. The highest BCUT2D eigenvalue weighted by molar-refractivity contribution is 6.30. The molecule has 0 fully saturated rings. The number of nitrogens with one attached hydrogen (secondary N) is 2. The monoisotopic (exact) mass is 409 g/mol. The number of pyridine rings is 1. The second kappa shape index (κ2) is 10.2. The summed E-state index contributed by atoms with van der Waals surface area (Å²) in [6, 6.07) is 17.6. The fraction of sp³-hybridized carbons (Fsp3) is 0.136. The first kappa shape index (κ1) is 20.4. The number of carbonyl (C=O) groups excluding carboxylic acids is 2. The number of carbonyl (C=O) groups is 2. The van der Waals surface area contributed by atoms with Crippen molar-refractivity contribution < 1.29 is 14.3 Å². The van der Waals surface area contributed by atoms with E-state index in [4.69, 9.17) is 16.3 Å². The summed E-state index contributed by atoms with van der Waals surface area (Å²) in [7, 11) is 0. The first-order valence-electron chi connectivity index (χ1n) is 9.05. The summed E-state index contributed by atoms with van der Waals surface area (Å²) in [5.74, 6) is 0.331. The molecule has 29 heavy (non-hydrogen) atoms. The number of aromatic nitrogens is 1. The van der Waals surface area contributed by atoms with Gasteiger partial charge in [0.05, 0.1) is 13.0 Å². The number of nitrogens with zero attached hydrogens (tertiary/aromatic N) is 1. The third-order valence-corrected chi connectivity index (χ3v) is 4.28. The molecule has 6 nitrogen and oxygen atoms in total. The van der Waals surface area contributed by atoms with Gasteiger partial charge in [-0.1, -0.05) is 23.7 Å². The van der Waals surface area contributed by atoms with Crippen molar-refractivity contribution in [1.29, 1.82) is 0 Å². The molecule has 0 saturated heterocycles. The van der Waals surface area contributed by atoms with Crippen molar-refractivity contribution in [1.82, 2.24) is 10.3 Å². The lowest BCUT2D eigenvalue weighted by Gasteiger charge is -2.09. The van der Waals surface area contributed by atoms with Crippen LogP contribution < -0.4 is 15.4 Å². The number of halogens is 1. The van der Waals surface area contributed by atoms with E-state index in [1.165, 1.54) is 0 Å². The molecule has 1 heterocycles. The van der Waals surface area contributed by atoms with E-state index in [0.717, 1.165) is 5.56 Å². The van der Waals surface area contributed by atoms with Crippen molar-refractivity contribution in [2.24, 2.45) is 0 Å². The van der Waals surface area contributed by atoms with Crippen LogP contribution in [-0.4, -0.2) is 23.4 Å². The number of hydrogen-bond acceptors (Lipinski definition) is 4. The number of ether oxygens (including phenoxy) is 1. The highest BCUT2D eigenvalue weighted by atomic mass is 35.5. The second-order valence-corrected chi connectivity index (χ2v) is 6.66. The average Bonchev–Trinajstić information content (AvgIpc) is 2.74. The molecule has 2 aromatic carbocycles. The number of amides is 2. The summed E-state index contributed by atoms with van der Waals surface area (Å²) in [5.41, 5.74) is 2.06. The Labute approximate surface area is 173 Å². The largest absolute Gasteiger partial charge is 0.493 e. The fourth-order valence-corrected chi connectivity index (χ4v) is 2.67. The predicted octanol–water partition coefficient (Wildman–Crippen LogP) is 4.07. The van der Waals surface area contributed by atoms with Crippen molar-refractivity contribution in [3.8, 4) is 5.75 Å². The summed E-state index contributed by atoms with van der Waals surface area (Å²) < 4.78 is 5.52. The number of benzene rings is 2. The van der Waals surface area contributed by atoms with Crippen LogP contribution >= 0.6 is 11.6 Å². The minimum atomic E-state index is -0.215. The second-order valence-electron chi connectivity index (χ2n) is 6.22. The van der Waals surface area contributed by atoms with Crippen LogP contribution in [0.1, 0.15) is 22.3 Å². The number of hydrogen-bond donors (Lipinski definition) is 2. The van der Waals surface area contributed by atoms with Gasteiger partial charge in [0.2, 0.25) is 5.91 Å². The van der Waals surface area contributed by atoms with Crippen molar-refractivity contribution in [3.63, 3.8) is 0 Å². The van der Waals surface area contributed by atoms with E-state index >= 15 is 0 Å². The van der Waals surface area contributed by atoms with Crippen LogP contribution in [0, 0.1) is 0 Å². The normalized spacial score (nSPS) is 10.2. The van der Waals surface area contributed by atoms with Crippen molar-refractivity contribution >= 4 is 29.1 Å². The summed E-state index contributed by atoms with van der Waals surface area (Å²) in [4.78, 5) is 28.1. The van der Waals surface area contributed by atoms with Crippen molar-refractivity contribution in [2.75, 3.05) is 11.9 Å². The van der Waals surface area contributed by atoms with Gasteiger partial charge in [-0.25, -0.2) is 0 Å². The molecule has 0 spiro atoms. The van der Waals surface area contributed by atoms with Gasteiger partial charge in [-0.05, 0) is 54.1 Å². The van der Waals surface area contributed by atoms with E-state index in [-0.39, 0.29) is 24.8 Å². The van der Waals surface area contributed by atoms with Gasteiger partial charge < -0.3 is 15.4 Å². The van der Waals surface area contributed by atoms with E-state index in [1.807, 2.05) is 18.2 Å². The highest BCUT2D eigenvalue weighted by Gasteiger charge is 2.07. The van der Waals surface area contributed by atoms with E-state index in [9.17, 15) is 9.59 Å². The molecule has 0 bridgehead atoms. The Balaban J connectivity index is 1.44. The zero-order valence-corrected chi connectivity index (χ0v) is 16.4. The highest BCUT2D eigenvalue weighted by Crippen LogP contribution is 2.15. The molecule has 7 heteroatoms. The minimum absolute atomic E-state index is 0.120. The van der Waals surface area contributed by atoms with Crippen molar-refractivity contribution in [3.05, 3.63) is 89.2 Å². The maximum Gasteiger partial charge on any atom is 0.255 e. The molecule has 148 valence electrons. The zero-order chi connectivity index (χ0) is 20.5. The quantitative estimate of drug-likeness (QED) is 0.587. The molecule has 0 aliphatic carbocycles. The summed E-state index contributed by atoms with van der Waals surface area (Å²) >= 11 is 5.82. The lowest BCUT2D eigenvalue weighted by molar-refractivity contribution is -0.121. The Hall–Kier alpha value is -3.38. The van der Waals surface area contributed by atoms with Gasteiger partial charge in [0.25, 0.3) is 5.91 Å². The Bertz CT molecular complexity index is 963. The van der Waals surface area contributed by atoms with Crippen molar-refractivity contribution in [2.45, 2.75) is 13.0 Å². The molecule has 3 aromatic rings. The van der Waals surface area contributed by atoms with Crippen LogP contribution in [0.5, 0.6) is 5.75 Å². The molecule has 0 atom stereocenters. The number of anilines is 1. The third kappa shape index (κ3) is 6.62. The lowest BCUT2D eigenvalue weighted by Crippen LogP contribution is -2.24. The molecular weight excluding hydrogens is 390 g/mol. The Morgan fingerprint density at radius 1 is 1.00 bits per heavy atom. The average molecular weight is 410 g/mol. The molecule has 1 aromatic heterocycles. The summed E-state index contributed by atoms with van der Waals surface area (Å²) in [6.07, 6.45) is 3.37. The Morgan fingerprint density at radius 3 is 2.52 bits per heavy atom. The van der Waals surface area contributed by atoms with Gasteiger partial charge in [-0.2, -0.15) is 0 Å². The Kier molecular flexibility index (Phi) is 7.19. The van der Waals surface area contributed by atoms with Gasteiger partial charge in [0.15, 0.2) is 0 Å². The van der Waals surface area contributed by atoms with E-state index < -0.39 is 0 Å². The van der Waals surface area contributed by atoms with E-state index in [1.54, 1.807) is 54.9 Å². The van der Waals surface area contributed by atoms with E-state index in [2.05, 4.69) is 15.6 Å². The van der Waals surface area contributed by atoms with Crippen LogP contribution in [0.15, 0.2) is 73.1 Å². The SMILES string of the molecule is O=C(CCOc1ccc(Cl)cc1)NCc1cccc(NC(=O)c2ccncc2)c1. The third-order valence-electron chi connectivity index (χ3n) is 4.03. The van der Waals surface area contributed by atoms with Crippen LogP contribution in [0.2, 0.25) is 5.02 Å². The van der Waals surface area contributed by atoms with Gasteiger partial charge in [0, 0.05) is 35.2 Å². The predicted molar refractivity (Wildman–Crippen MR) is 112 cm³/mol. The fourth-order valence-electron chi connectivity index (χ4n) is 2.55. The standard InChI is InChI=1S/C22H20ClN3O3/c23-18-4-6-20(7-5-18)29-13-10-21(27)25-15-16-2-1-3-19(14-16)26-22(28)17-8-11-24-12-9-17/h1-9,11-12,14H,10,13,15H2,(H,25,27)(H,26,28). The van der Waals surface area contributed by atoms with Crippen LogP contribution in [0.3, 0.4) is 0 Å². The van der Waals surface area contributed by atoms with Gasteiger partial charge in [0.1, 0.15) is 5.75 Å². The van der Waals surface area contributed by atoms with Gasteiger partial charge >= 0.3 is 0 Å². The molecule has 3 rings (SSSR count). The molecule has 0 aliphatic rings. The lowest BCUT2D eigenvalue weighted by atomic mass is 10.2. The maximum absolute atomic E-state index is 12.2. The Morgan fingerprint density at radius 2 is 1.76 bits per heavy atom. The smallest absolute Gasteiger partial charge is 0.255 e. The van der Waals surface area contributed by atoms with Crippen LogP contribution in [0.25, 0.3) is 0 Å². The molecule has 2 N–H and O–H groups in total. The number of rotatable bonds is 8. The molecule has 0 radical (unpaired) electrons. The maximum atomic E-state index is 12.2. The summed E-state index contributed by atoms with van der Waals surface area (Å²) in [5, 5.41) is 6.31. The molecule has 0 saturated carbocycles. The van der Waals surface area contributed by atoms with E-state index in [0.29, 0.717) is 28.6 Å².